The number of alkyl halides is 12. The topological polar surface area (TPSA) is 93.2 Å². The largest absolute Gasteiger partial charge is 0.423 e. The van der Waals surface area contributed by atoms with Crippen molar-refractivity contribution in [3.63, 3.8) is 0 Å². The quantitative estimate of drug-likeness (QED) is 0.263. The number of ether oxygens (including phenoxy) is 2. The van der Waals surface area contributed by atoms with Crippen LogP contribution in [-0.4, -0.2) is 87.9 Å². The Morgan fingerprint density at radius 3 is 1.04 bits per heavy atom. The lowest BCUT2D eigenvalue weighted by Crippen LogP contribution is -2.49. The van der Waals surface area contributed by atoms with Crippen LogP contribution in [0.5, 0.6) is 0 Å². The minimum absolute atomic E-state index is 0.0954. The summed E-state index contributed by atoms with van der Waals surface area (Å²) in [7, 11) is -8.54. The van der Waals surface area contributed by atoms with Gasteiger partial charge in [0, 0.05) is 13.1 Å². The van der Waals surface area contributed by atoms with E-state index in [2.05, 4.69) is 9.47 Å². The first-order valence-corrected chi connectivity index (χ1v) is 17.3. The Bertz CT molecular complexity index is 1490. The van der Waals surface area contributed by atoms with Gasteiger partial charge in [-0.25, -0.2) is 16.8 Å². The second-order valence-corrected chi connectivity index (χ2v) is 15.0. The van der Waals surface area contributed by atoms with Gasteiger partial charge in [-0.15, -0.1) is 0 Å². The van der Waals surface area contributed by atoms with Crippen LogP contribution in [0.2, 0.25) is 0 Å². The van der Waals surface area contributed by atoms with Gasteiger partial charge in [-0.1, -0.05) is 35.4 Å². The molecule has 2 aromatic carbocycles. The van der Waals surface area contributed by atoms with Gasteiger partial charge in [0.15, 0.2) is 0 Å². The zero-order valence-corrected chi connectivity index (χ0v) is 27.5. The van der Waals surface area contributed by atoms with E-state index < -0.39 is 69.4 Å². The maximum atomic E-state index is 12.6. The van der Waals surface area contributed by atoms with Crippen molar-refractivity contribution < 1.29 is 79.0 Å². The highest BCUT2D eigenvalue weighted by Gasteiger charge is 2.61. The van der Waals surface area contributed by atoms with Gasteiger partial charge in [0.25, 0.3) is 12.2 Å². The van der Waals surface area contributed by atoms with Crippen molar-refractivity contribution in [1.82, 2.24) is 8.61 Å². The fraction of sp³-hybridized carbons (Fsp3) is 0.571. The Balaban J connectivity index is 0.000000270. The lowest BCUT2D eigenvalue weighted by molar-refractivity contribution is -0.336. The fourth-order valence-corrected chi connectivity index (χ4v) is 8.10. The lowest BCUT2D eigenvalue weighted by atomic mass is 10.2. The van der Waals surface area contributed by atoms with E-state index in [1.54, 1.807) is 13.8 Å². The number of rotatable bonds is 8. The third-order valence-electron chi connectivity index (χ3n) is 7.33. The van der Waals surface area contributed by atoms with Gasteiger partial charge in [0.1, 0.15) is 12.5 Å². The first-order chi connectivity index (χ1) is 22.7. The van der Waals surface area contributed by atoms with Gasteiger partial charge in [-0.3, -0.25) is 0 Å². The summed E-state index contributed by atoms with van der Waals surface area (Å²) in [5.74, 6) is 0. The van der Waals surface area contributed by atoms with Crippen LogP contribution in [0, 0.1) is 13.8 Å². The summed E-state index contributed by atoms with van der Waals surface area (Å²) in [4.78, 5) is -0.437. The van der Waals surface area contributed by atoms with Crippen LogP contribution in [0.4, 0.5) is 52.7 Å². The first kappa shape index (κ1) is 41.8. The van der Waals surface area contributed by atoms with Crippen molar-refractivity contribution in [3.8, 4) is 0 Å². The molecule has 8 nitrogen and oxygen atoms in total. The van der Waals surface area contributed by atoms with Gasteiger partial charge < -0.3 is 9.47 Å². The Morgan fingerprint density at radius 2 is 0.800 bits per heavy atom. The lowest BCUT2D eigenvalue weighted by Gasteiger charge is -2.30. The summed E-state index contributed by atoms with van der Waals surface area (Å²) >= 11 is 0. The molecule has 0 spiro atoms. The summed E-state index contributed by atoms with van der Waals surface area (Å²) in [5.41, 5.74) is 1.50. The van der Waals surface area contributed by atoms with E-state index in [-0.39, 0.29) is 48.6 Å². The molecule has 0 aliphatic carbocycles. The fourth-order valence-electron chi connectivity index (χ4n) is 4.93. The Morgan fingerprint density at radius 1 is 0.540 bits per heavy atom. The standard InChI is InChI=1S/2C14H15F6NO3S/c2*1-9-4-6-10(7-5-9)25(22,23)21-8-2-3-11(21)24-12(13(15,16)17)14(18,19)20/h2*4-7,11-12H,2-3,8H2,1H3/t2*11-/m10/s1. The summed E-state index contributed by atoms with van der Waals surface area (Å²) in [5, 5.41) is 0. The highest BCUT2D eigenvalue weighted by atomic mass is 32.2. The first-order valence-electron chi connectivity index (χ1n) is 14.4. The van der Waals surface area contributed by atoms with Crippen LogP contribution in [0.1, 0.15) is 36.8 Å². The second-order valence-electron chi connectivity index (χ2n) is 11.3. The van der Waals surface area contributed by atoms with Crippen LogP contribution in [0.3, 0.4) is 0 Å². The second kappa shape index (κ2) is 15.1. The van der Waals surface area contributed by atoms with E-state index in [4.69, 9.17) is 0 Å². The van der Waals surface area contributed by atoms with Crippen molar-refractivity contribution in [2.24, 2.45) is 0 Å². The van der Waals surface area contributed by atoms with Crippen LogP contribution in [0.25, 0.3) is 0 Å². The molecular weight excluding hydrogens is 752 g/mol. The van der Waals surface area contributed by atoms with Gasteiger partial charge in [0.05, 0.1) is 9.79 Å². The zero-order chi connectivity index (χ0) is 38.1. The highest BCUT2D eigenvalue weighted by molar-refractivity contribution is 7.89. The van der Waals surface area contributed by atoms with E-state index in [1.165, 1.54) is 48.5 Å². The van der Waals surface area contributed by atoms with Crippen molar-refractivity contribution in [3.05, 3.63) is 59.7 Å². The number of halogens is 12. The number of hydrogen-bond donors (Lipinski definition) is 0. The smallest absolute Gasteiger partial charge is 0.341 e. The molecule has 2 fully saturated rings. The molecule has 2 saturated heterocycles. The Hall–Kier alpha value is -2.66. The molecule has 2 aliphatic heterocycles. The van der Waals surface area contributed by atoms with Crippen LogP contribution >= 0.6 is 0 Å². The number of hydrogen-bond acceptors (Lipinski definition) is 6. The van der Waals surface area contributed by atoms with Gasteiger partial charge in [0.2, 0.25) is 20.0 Å². The molecule has 0 unspecified atom stereocenters. The van der Waals surface area contributed by atoms with E-state index in [0.717, 1.165) is 11.1 Å². The van der Waals surface area contributed by atoms with Crippen LogP contribution < -0.4 is 0 Å². The summed E-state index contributed by atoms with van der Waals surface area (Å²) < 4.78 is 211. The molecule has 50 heavy (non-hydrogen) atoms. The maximum Gasteiger partial charge on any atom is 0.423 e. The van der Waals surface area contributed by atoms with Crippen molar-refractivity contribution in [1.29, 1.82) is 0 Å². The SMILES string of the molecule is Cc1ccc(S(=O)(=O)N2CCC[C@@H]2OC(C(F)(F)F)C(F)(F)F)cc1.Cc1ccc(S(=O)(=O)N2CCC[C@H]2OC(C(F)(F)F)C(F)(F)F)cc1. The third kappa shape index (κ3) is 10.2. The zero-order valence-electron chi connectivity index (χ0n) is 25.9. The van der Waals surface area contributed by atoms with Gasteiger partial charge in [-0.05, 0) is 63.8 Å². The number of benzene rings is 2. The highest BCUT2D eigenvalue weighted by Crippen LogP contribution is 2.40. The molecular formula is C28H30F12N2O6S2. The minimum atomic E-state index is -5.69. The monoisotopic (exact) mass is 782 g/mol. The van der Waals surface area contributed by atoms with E-state index in [0.29, 0.717) is 8.61 Å². The molecule has 0 aromatic heterocycles. The molecule has 2 aromatic rings. The predicted molar refractivity (Wildman–Crippen MR) is 150 cm³/mol. The van der Waals surface area contributed by atoms with Crippen molar-refractivity contribution in [2.45, 2.75) is 98.7 Å². The molecule has 2 heterocycles. The van der Waals surface area contributed by atoms with Gasteiger partial charge >= 0.3 is 24.7 Å². The molecule has 0 amide bonds. The van der Waals surface area contributed by atoms with Crippen LogP contribution in [-0.2, 0) is 29.5 Å². The van der Waals surface area contributed by atoms with E-state index >= 15 is 0 Å². The average molecular weight is 783 g/mol. The Kier molecular flexibility index (Phi) is 12.6. The predicted octanol–water partition coefficient (Wildman–Crippen LogP) is 7.23. The molecule has 22 heteroatoms. The summed E-state index contributed by atoms with van der Waals surface area (Å²) in [6.07, 6.45) is -34.9. The average Bonchev–Trinajstić information content (AvgIpc) is 3.64. The maximum absolute atomic E-state index is 12.6. The normalized spacial score (nSPS) is 20.4. The number of nitrogens with zero attached hydrogens (tertiary/aromatic N) is 2. The van der Waals surface area contributed by atoms with E-state index in [1.807, 2.05) is 0 Å². The molecule has 2 atom stereocenters. The molecule has 4 rings (SSSR count). The summed E-state index contributed by atoms with van der Waals surface area (Å²) in [6, 6.07) is 10.9. The van der Waals surface area contributed by atoms with Crippen LogP contribution in [0.15, 0.2) is 58.3 Å². The number of sulfonamides is 2. The third-order valence-corrected chi connectivity index (χ3v) is 11.1. The Labute approximate surface area is 279 Å². The molecule has 0 N–H and O–H groups in total. The van der Waals surface area contributed by atoms with Crippen molar-refractivity contribution in [2.75, 3.05) is 13.1 Å². The number of aryl methyl sites for hydroxylation is 2. The molecule has 2 aliphatic rings. The molecule has 0 bridgehead atoms. The molecule has 0 saturated carbocycles. The minimum Gasteiger partial charge on any atom is -0.341 e. The van der Waals surface area contributed by atoms with Crippen molar-refractivity contribution >= 4 is 20.0 Å². The van der Waals surface area contributed by atoms with Gasteiger partial charge in [-0.2, -0.15) is 61.3 Å². The molecule has 284 valence electrons. The molecule has 0 radical (unpaired) electrons. The summed E-state index contributed by atoms with van der Waals surface area (Å²) in [6.45, 7) is 2.97. The van der Waals surface area contributed by atoms with E-state index in [9.17, 15) is 69.5 Å².